The van der Waals surface area contributed by atoms with Crippen molar-refractivity contribution in [1.82, 2.24) is 0 Å². The first kappa shape index (κ1) is 18.1. The second-order valence-electron chi connectivity index (χ2n) is 6.17. The Labute approximate surface area is 162 Å². The van der Waals surface area contributed by atoms with E-state index in [2.05, 4.69) is 22.0 Å². The highest BCUT2D eigenvalue weighted by atomic mass is 79.9. The summed E-state index contributed by atoms with van der Waals surface area (Å²) in [5.41, 5.74) is 2.60. The maximum atomic E-state index is 12.8. The summed E-state index contributed by atoms with van der Waals surface area (Å²) in [4.78, 5) is 12.8. The fourth-order valence-electron chi connectivity index (χ4n) is 3.17. The molecule has 3 rings (SSSR count). The largest absolute Gasteiger partial charge is 0.294 e. The van der Waals surface area contributed by atoms with Gasteiger partial charge in [0.25, 0.3) is 0 Å². The molecule has 3 aromatic rings. The van der Waals surface area contributed by atoms with Gasteiger partial charge < -0.3 is 0 Å². The van der Waals surface area contributed by atoms with Gasteiger partial charge >= 0.3 is 0 Å². The number of nitriles is 1. The van der Waals surface area contributed by atoms with Gasteiger partial charge in [0.15, 0.2) is 5.78 Å². The summed E-state index contributed by atoms with van der Waals surface area (Å²) in [7, 11) is 0. The van der Waals surface area contributed by atoms with Crippen LogP contribution in [0.2, 0.25) is 0 Å². The average molecular weight is 404 g/mol. The van der Waals surface area contributed by atoms with Crippen LogP contribution >= 0.6 is 15.9 Å². The minimum atomic E-state index is -0.400. The van der Waals surface area contributed by atoms with E-state index in [1.165, 1.54) is 0 Å². The second kappa shape index (κ2) is 8.60. The van der Waals surface area contributed by atoms with Crippen molar-refractivity contribution < 1.29 is 4.79 Å². The van der Waals surface area contributed by atoms with Crippen LogP contribution in [0.4, 0.5) is 0 Å². The average Bonchev–Trinajstić information content (AvgIpc) is 2.69. The third kappa shape index (κ3) is 4.28. The number of carbonyl (C=O) groups is 1. The van der Waals surface area contributed by atoms with Crippen LogP contribution in [-0.2, 0) is 0 Å². The summed E-state index contributed by atoms with van der Waals surface area (Å²) in [6, 6.07) is 29.3. The van der Waals surface area contributed by atoms with Gasteiger partial charge in [0.2, 0.25) is 0 Å². The third-order valence-electron chi connectivity index (χ3n) is 4.48. The molecular formula is C23H18BrNO. The lowest BCUT2D eigenvalue weighted by Gasteiger charge is -2.23. The summed E-state index contributed by atoms with van der Waals surface area (Å²) in [5.74, 6) is -0.555. The molecule has 3 heteroatoms. The fraction of sp³-hybridized carbons (Fsp3) is 0.130. The van der Waals surface area contributed by atoms with E-state index in [1.807, 2.05) is 84.9 Å². The first-order chi connectivity index (χ1) is 12.7. The number of hydrogen-bond donors (Lipinski definition) is 0. The first-order valence-electron chi connectivity index (χ1n) is 8.47. The number of carbonyl (C=O) groups excluding carboxylic acids is 1. The maximum Gasteiger partial charge on any atom is 0.163 e. The molecule has 26 heavy (non-hydrogen) atoms. The summed E-state index contributed by atoms with van der Waals surface area (Å²) in [6.07, 6.45) is 0.290. The van der Waals surface area contributed by atoms with E-state index in [1.54, 1.807) is 0 Å². The molecule has 0 heterocycles. The van der Waals surface area contributed by atoms with Crippen LogP contribution in [0, 0.1) is 11.3 Å². The molecule has 0 aliphatic carbocycles. The lowest BCUT2D eigenvalue weighted by Crippen LogP contribution is -2.15. The summed E-state index contributed by atoms with van der Waals surface area (Å²) in [6.45, 7) is 0. The summed E-state index contributed by atoms with van der Waals surface area (Å²) < 4.78 is 0.927. The smallest absolute Gasteiger partial charge is 0.163 e. The highest BCUT2D eigenvalue weighted by Gasteiger charge is 2.27. The van der Waals surface area contributed by atoms with Crippen LogP contribution < -0.4 is 0 Å². The van der Waals surface area contributed by atoms with Gasteiger partial charge in [0, 0.05) is 22.4 Å². The second-order valence-corrected chi connectivity index (χ2v) is 7.09. The highest BCUT2D eigenvalue weighted by Crippen LogP contribution is 2.37. The Morgan fingerprint density at radius 2 is 1.50 bits per heavy atom. The van der Waals surface area contributed by atoms with E-state index < -0.39 is 5.92 Å². The molecule has 0 radical (unpaired) electrons. The van der Waals surface area contributed by atoms with Gasteiger partial charge in [-0.2, -0.15) is 5.26 Å². The summed E-state index contributed by atoms with van der Waals surface area (Å²) >= 11 is 3.48. The maximum absolute atomic E-state index is 12.8. The number of halogens is 1. The number of rotatable bonds is 6. The lowest BCUT2D eigenvalue weighted by atomic mass is 9.78. The van der Waals surface area contributed by atoms with Crippen LogP contribution in [0.15, 0.2) is 89.4 Å². The number of Topliss-reactive ketones (excluding diaryl/α,β-unsaturated/α-hetero) is 1. The fourth-order valence-corrected chi connectivity index (χ4v) is 3.58. The lowest BCUT2D eigenvalue weighted by molar-refractivity contribution is 0.0972. The van der Waals surface area contributed by atoms with Gasteiger partial charge in [-0.15, -0.1) is 0 Å². The number of ketones is 1. The van der Waals surface area contributed by atoms with Crippen molar-refractivity contribution in [2.75, 3.05) is 0 Å². The molecule has 128 valence electrons. The van der Waals surface area contributed by atoms with Crippen LogP contribution in [0.5, 0.6) is 0 Å². The summed E-state index contributed by atoms with van der Waals surface area (Å²) in [5, 5.41) is 9.91. The Balaban J connectivity index is 1.98. The van der Waals surface area contributed by atoms with Crippen molar-refractivity contribution in [3.8, 4) is 6.07 Å². The van der Waals surface area contributed by atoms with E-state index in [-0.39, 0.29) is 11.7 Å². The molecule has 0 amide bonds. The molecule has 0 aliphatic rings. The number of nitrogens with zero attached hydrogens (tertiary/aromatic N) is 1. The van der Waals surface area contributed by atoms with E-state index in [4.69, 9.17) is 0 Å². The van der Waals surface area contributed by atoms with E-state index >= 15 is 0 Å². The number of hydrogen-bond acceptors (Lipinski definition) is 2. The standard InChI is InChI=1S/C23H18BrNO/c24-20-13-7-12-19(14-20)22(16-25)21(17-8-3-1-4-9-17)15-23(26)18-10-5-2-6-11-18/h1-14,21-22H,15H2. The Hall–Kier alpha value is -2.70. The monoisotopic (exact) mass is 403 g/mol. The van der Waals surface area contributed by atoms with Crippen molar-refractivity contribution in [1.29, 1.82) is 5.26 Å². The Kier molecular flexibility index (Phi) is 5.99. The van der Waals surface area contributed by atoms with Crippen molar-refractivity contribution in [2.24, 2.45) is 0 Å². The molecule has 2 nitrogen and oxygen atoms in total. The SMILES string of the molecule is N#CC(c1cccc(Br)c1)C(CC(=O)c1ccccc1)c1ccccc1. The molecule has 2 atom stereocenters. The van der Waals surface area contributed by atoms with Gasteiger partial charge in [0.1, 0.15) is 0 Å². The Morgan fingerprint density at radius 3 is 2.12 bits per heavy atom. The third-order valence-corrected chi connectivity index (χ3v) is 4.97. The zero-order valence-corrected chi connectivity index (χ0v) is 15.8. The molecule has 2 unspecified atom stereocenters. The normalized spacial score (nSPS) is 12.8. The zero-order chi connectivity index (χ0) is 18.4. The molecule has 0 N–H and O–H groups in total. The van der Waals surface area contributed by atoms with E-state index in [0.717, 1.165) is 15.6 Å². The van der Waals surface area contributed by atoms with Crippen molar-refractivity contribution >= 4 is 21.7 Å². The minimum Gasteiger partial charge on any atom is -0.294 e. The molecule has 3 aromatic carbocycles. The van der Waals surface area contributed by atoms with E-state index in [0.29, 0.717) is 12.0 Å². The Bertz CT molecular complexity index is 916. The molecule has 0 fully saturated rings. The van der Waals surface area contributed by atoms with Gasteiger partial charge in [-0.05, 0) is 23.3 Å². The quantitative estimate of drug-likeness (QED) is 0.465. The van der Waals surface area contributed by atoms with Gasteiger partial charge in [-0.25, -0.2) is 0 Å². The van der Waals surface area contributed by atoms with Gasteiger partial charge in [0.05, 0.1) is 12.0 Å². The predicted octanol–water partition coefficient (Wildman–Crippen LogP) is 6.11. The van der Waals surface area contributed by atoms with Gasteiger partial charge in [-0.3, -0.25) is 4.79 Å². The highest BCUT2D eigenvalue weighted by molar-refractivity contribution is 9.10. The van der Waals surface area contributed by atoms with E-state index in [9.17, 15) is 10.1 Å². The minimum absolute atomic E-state index is 0.0506. The molecule has 0 aromatic heterocycles. The van der Waals surface area contributed by atoms with Crippen LogP contribution in [0.3, 0.4) is 0 Å². The van der Waals surface area contributed by atoms with Crippen molar-refractivity contribution in [3.63, 3.8) is 0 Å². The molecular weight excluding hydrogens is 386 g/mol. The molecule has 0 saturated carbocycles. The van der Waals surface area contributed by atoms with Crippen LogP contribution in [0.25, 0.3) is 0 Å². The predicted molar refractivity (Wildman–Crippen MR) is 107 cm³/mol. The number of benzene rings is 3. The van der Waals surface area contributed by atoms with Crippen LogP contribution in [-0.4, -0.2) is 5.78 Å². The topological polar surface area (TPSA) is 40.9 Å². The van der Waals surface area contributed by atoms with Crippen molar-refractivity contribution in [3.05, 3.63) is 106 Å². The van der Waals surface area contributed by atoms with Crippen LogP contribution in [0.1, 0.15) is 39.7 Å². The molecule has 0 saturated heterocycles. The van der Waals surface area contributed by atoms with Gasteiger partial charge in [-0.1, -0.05) is 88.7 Å². The van der Waals surface area contributed by atoms with Crippen molar-refractivity contribution in [2.45, 2.75) is 18.3 Å². The zero-order valence-electron chi connectivity index (χ0n) is 14.2. The molecule has 0 spiro atoms. The first-order valence-corrected chi connectivity index (χ1v) is 9.26. The molecule has 0 bridgehead atoms. The Morgan fingerprint density at radius 1 is 0.885 bits per heavy atom. The molecule has 0 aliphatic heterocycles.